The summed E-state index contributed by atoms with van der Waals surface area (Å²) < 4.78 is 16.7. The summed E-state index contributed by atoms with van der Waals surface area (Å²) in [6, 6.07) is 10.4. The molecule has 1 unspecified atom stereocenters. The number of piperidine rings is 2. The van der Waals surface area contributed by atoms with Crippen molar-refractivity contribution in [3.8, 4) is 11.5 Å². The van der Waals surface area contributed by atoms with Gasteiger partial charge in [-0.3, -0.25) is 9.78 Å². The maximum absolute atomic E-state index is 13.4. The standard InChI is InChI=1S/C28H35N3O5/c1-34-25-4-3-21(16-26(25)35-2)27(19-5-10-29-11-6-19)20-7-12-30(13-8-20)28(33)31-14-9-24-22(17-31)15-23(32)18-36-24/h3-6,10-11,16,20,22,24,27H,7-9,12-15,17-18H2,1-2H3/t22-,24+,27?/m1/s1. The third-order valence-electron chi connectivity index (χ3n) is 8.00. The lowest BCUT2D eigenvalue weighted by molar-refractivity contribution is -0.140. The Labute approximate surface area is 212 Å². The van der Waals surface area contributed by atoms with Crippen LogP contribution < -0.4 is 9.47 Å². The Hall–Kier alpha value is -3.13. The Morgan fingerprint density at radius 3 is 2.42 bits per heavy atom. The van der Waals surface area contributed by atoms with Crippen LogP contribution in [-0.2, 0) is 9.53 Å². The number of likely N-dealkylation sites (tertiary alicyclic amines) is 2. The Morgan fingerprint density at radius 2 is 1.69 bits per heavy atom. The van der Waals surface area contributed by atoms with E-state index in [9.17, 15) is 9.59 Å². The fourth-order valence-electron chi connectivity index (χ4n) is 6.13. The second-order valence-corrected chi connectivity index (χ2v) is 10.1. The Morgan fingerprint density at radius 1 is 0.972 bits per heavy atom. The molecular formula is C28H35N3O5. The number of methoxy groups -OCH3 is 2. The largest absolute Gasteiger partial charge is 0.493 e. The van der Waals surface area contributed by atoms with Crippen LogP contribution in [0, 0.1) is 11.8 Å². The van der Waals surface area contributed by atoms with E-state index in [1.165, 1.54) is 11.1 Å². The van der Waals surface area contributed by atoms with Crippen LogP contribution in [0.2, 0.25) is 0 Å². The van der Waals surface area contributed by atoms with E-state index < -0.39 is 0 Å². The summed E-state index contributed by atoms with van der Waals surface area (Å²) in [7, 11) is 3.30. The molecule has 2 aromatic rings. The molecule has 8 nitrogen and oxygen atoms in total. The number of urea groups is 1. The predicted octanol–water partition coefficient (Wildman–Crippen LogP) is 3.74. The molecule has 3 saturated heterocycles. The van der Waals surface area contributed by atoms with Crippen LogP contribution in [0.5, 0.6) is 11.5 Å². The topological polar surface area (TPSA) is 81.2 Å². The summed E-state index contributed by atoms with van der Waals surface area (Å²) in [5.74, 6) is 2.25. The van der Waals surface area contributed by atoms with Crippen molar-refractivity contribution in [3.05, 3.63) is 53.9 Å². The normalized spacial score (nSPS) is 23.7. The molecule has 0 bridgehead atoms. The Kier molecular flexibility index (Phi) is 7.41. The van der Waals surface area contributed by atoms with Gasteiger partial charge in [0.1, 0.15) is 6.61 Å². The minimum Gasteiger partial charge on any atom is -0.493 e. The molecular weight excluding hydrogens is 458 g/mol. The molecule has 0 spiro atoms. The van der Waals surface area contributed by atoms with Gasteiger partial charge in [0.15, 0.2) is 17.3 Å². The highest BCUT2D eigenvalue weighted by molar-refractivity contribution is 5.81. The quantitative estimate of drug-likeness (QED) is 0.631. The first-order valence-corrected chi connectivity index (χ1v) is 12.9. The number of nitrogens with zero attached hydrogens (tertiary/aromatic N) is 3. The van der Waals surface area contributed by atoms with Crippen LogP contribution in [0.4, 0.5) is 4.79 Å². The third-order valence-corrected chi connectivity index (χ3v) is 8.00. The van der Waals surface area contributed by atoms with Gasteiger partial charge in [-0.1, -0.05) is 6.07 Å². The summed E-state index contributed by atoms with van der Waals surface area (Å²) in [4.78, 5) is 33.3. The first kappa shape index (κ1) is 24.6. The van der Waals surface area contributed by atoms with Crippen molar-refractivity contribution >= 4 is 11.8 Å². The smallest absolute Gasteiger partial charge is 0.320 e. The fraction of sp³-hybridized carbons (Fsp3) is 0.536. The number of carbonyl (C=O) groups is 2. The van der Waals surface area contributed by atoms with Gasteiger partial charge in [-0.2, -0.15) is 0 Å². The van der Waals surface area contributed by atoms with E-state index in [-0.39, 0.29) is 36.4 Å². The highest BCUT2D eigenvalue weighted by Gasteiger charge is 2.39. The number of hydrogen-bond donors (Lipinski definition) is 0. The molecule has 3 fully saturated rings. The van der Waals surface area contributed by atoms with Crippen LogP contribution in [0.3, 0.4) is 0 Å². The van der Waals surface area contributed by atoms with Crippen molar-refractivity contribution in [3.63, 3.8) is 0 Å². The van der Waals surface area contributed by atoms with Crippen molar-refractivity contribution in [1.82, 2.24) is 14.8 Å². The fourth-order valence-corrected chi connectivity index (χ4v) is 6.13. The zero-order valence-corrected chi connectivity index (χ0v) is 21.1. The van der Waals surface area contributed by atoms with Crippen molar-refractivity contribution in [2.75, 3.05) is 47.0 Å². The maximum Gasteiger partial charge on any atom is 0.320 e. The van der Waals surface area contributed by atoms with E-state index >= 15 is 0 Å². The molecule has 0 radical (unpaired) electrons. The molecule has 0 saturated carbocycles. The lowest BCUT2D eigenvalue weighted by Crippen LogP contribution is -2.54. The van der Waals surface area contributed by atoms with Gasteiger partial charge in [0.25, 0.3) is 0 Å². The number of fused-ring (bicyclic) bond motifs is 1. The second kappa shape index (κ2) is 10.9. The second-order valence-electron chi connectivity index (χ2n) is 10.1. The zero-order chi connectivity index (χ0) is 25.1. The molecule has 3 aliphatic rings. The number of aromatic nitrogens is 1. The summed E-state index contributed by atoms with van der Waals surface area (Å²) in [6.07, 6.45) is 6.94. The SMILES string of the molecule is COc1ccc(C(c2ccncc2)C2CCN(C(=O)N3CC[C@@H]4OCC(=O)C[C@@H]4C3)CC2)cc1OC. The van der Waals surface area contributed by atoms with Crippen molar-refractivity contribution < 1.29 is 23.8 Å². The van der Waals surface area contributed by atoms with Gasteiger partial charge >= 0.3 is 6.03 Å². The molecule has 3 atom stereocenters. The number of ether oxygens (including phenoxy) is 3. The predicted molar refractivity (Wildman–Crippen MR) is 134 cm³/mol. The van der Waals surface area contributed by atoms with Crippen LogP contribution >= 0.6 is 0 Å². The Bertz CT molecular complexity index is 1070. The van der Waals surface area contributed by atoms with Crippen LogP contribution in [0.15, 0.2) is 42.7 Å². The average molecular weight is 494 g/mol. The highest BCUT2D eigenvalue weighted by Crippen LogP contribution is 2.41. The van der Waals surface area contributed by atoms with Crippen molar-refractivity contribution in [2.24, 2.45) is 11.8 Å². The molecule has 192 valence electrons. The van der Waals surface area contributed by atoms with E-state index in [1.54, 1.807) is 14.2 Å². The molecule has 3 aliphatic heterocycles. The molecule has 5 rings (SSSR count). The van der Waals surface area contributed by atoms with E-state index in [2.05, 4.69) is 29.2 Å². The minimum absolute atomic E-state index is 0.0940. The molecule has 0 N–H and O–H groups in total. The monoisotopic (exact) mass is 493 g/mol. The summed E-state index contributed by atoms with van der Waals surface area (Å²) >= 11 is 0. The number of hydrogen-bond acceptors (Lipinski definition) is 6. The lowest BCUT2D eigenvalue weighted by Gasteiger charge is -2.43. The van der Waals surface area contributed by atoms with E-state index in [0.717, 1.165) is 38.1 Å². The molecule has 8 heteroatoms. The van der Waals surface area contributed by atoms with Gasteiger partial charge in [0, 0.05) is 56.8 Å². The van der Waals surface area contributed by atoms with Gasteiger partial charge in [0.05, 0.1) is 20.3 Å². The molecule has 1 aromatic heterocycles. The number of amides is 2. The summed E-state index contributed by atoms with van der Waals surface area (Å²) in [5.41, 5.74) is 2.39. The molecule has 2 amide bonds. The van der Waals surface area contributed by atoms with E-state index in [4.69, 9.17) is 14.2 Å². The minimum atomic E-state index is 0.0940. The van der Waals surface area contributed by atoms with E-state index in [1.807, 2.05) is 28.3 Å². The first-order valence-electron chi connectivity index (χ1n) is 12.9. The van der Waals surface area contributed by atoms with Crippen LogP contribution in [0.25, 0.3) is 0 Å². The Balaban J connectivity index is 1.28. The number of pyridine rings is 1. The summed E-state index contributed by atoms with van der Waals surface area (Å²) in [6.45, 7) is 2.97. The van der Waals surface area contributed by atoms with Gasteiger partial charge in [-0.05, 0) is 60.6 Å². The number of benzene rings is 1. The average Bonchev–Trinajstić information content (AvgIpc) is 2.93. The molecule has 0 aliphatic carbocycles. The van der Waals surface area contributed by atoms with Crippen molar-refractivity contribution in [2.45, 2.75) is 37.7 Å². The highest BCUT2D eigenvalue weighted by atomic mass is 16.5. The van der Waals surface area contributed by atoms with Crippen molar-refractivity contribution in [1.29, 1.82) is 0 Å². The van der Waals surface area contributed by atoms with Gasteiger partial charge in [0.2, 0.25) is 0 Å². The number of ketones is 1. The zero-order valence-electron chi connectivity index (χ0n) is 21.1. The number of rotatable bonds is 5. The van der Waals surface area contributed by atoms with E-state index in [0.29, 0.717) is 31.2 Å². The van der Waals surface area contributed by atoms with Gasteiger partial charge < -0.3 is 24.0 Å². The lowest BCUT2D eigenvalue weighted by atomic mass is 9.76. The molecule has 4 heterocycles. The van der Waals surface area contributed by atoms with Gasteiger partial charge in [-0.15, -0.1) is 0 Å². The molecule has 1 aromatic carbocycles. The van der Waals surface area contributed by atoms with Gasteiger partial charge in [-0.25, -0.2) is 4.79 Å². The first-order chi connectivity index (χ1) is 17.6. The molecule has 36 heavy (non-hydrogen) atoms. The maximum atomic E-state index is 13.4. The number of Topliss-reactive ketones (excluding diaryl/α,β-unsaturated/α-hetero) is 1. The summed E-state index contributed by atoms with van der Waals surface area (Å²) in [5, 5.41) is 0. The van der Waals surface area contributed by atoms with Crippen LogP contribution in [-0.4, -0.2) is 79.7 Å². The number of carbonyl (C=O) groups excluding carboxylic acids is 2. The third kappa shape index (κ3) is 5.05. The van der Waals surface area contributed by atoms with Crippen LogP contribution in [0.1, 0.15) is 42.7 Å².